The predicted molar refractivity (Wildman–Crippen MR) is 211 cm³/mol. The minimum Gasteiger partial charge on any atom is -0.508 e. The molecule has 0 fully saturated rings. The van der Waals surface area contributed by atoms with Crippen LogP contribution in [0.15, 0.2) is 91.0 Å². The molecule has 0 saturated carbocycles. The molecule has 0 aliphatic carbocycles. The van der Waals surface area contributed by atoms with E-state index in [0.717, 1.165) is 18.2 Å². The maximum atomic E-state index is 12.5. The quantitative estimate of drug-likeness (QED) is 0.101. The maximum Gasteiger partial charge on any atom is 0.157 e. The van der Waals surface area contributed by atoms with Crippen LogP contribution in [-0.2, 0) is 6.42 Å². The molecule has 6 aromatic carbocycles. The number of aliphatic hydroxyl groups excluding tert-OH is 3. The van der Waals surface area contributed by atoms with Crippen LogP contribution in [0, 0.1) is 0 Å². The highest BCUT2D eigenvalue weighted by atomic mass is 16.5. The number of phenolic OH excluding ortho intramolecular Hbond substituents is 10. The summed E-state index contributed by atoms with van der Waals surface area (Å²) >= 11 is 0. The van der Waals surface area contributed by atoms with Gasteiger partial charge < -0.3 is 80.6 Å². The third-order valence-electron chi connectivity index (χ3n) is 11.6. The fourth-order valence-electron chi connectivity index (χ4n) is 8.77. The zero-order valence-electron chi connectivity index (χ0n) is 31.5. The van der Waals surface area contributed by atoms with Crippen molar-refractivity contribution in [1.82, 2.24) is 0 Å². The molecule has 0 aromatic heterocycles. The first-order valence-electron chi connectivity index (χ1n) is 19.0. The first kappa shape index (κ1) is 39.1. The summed E-state index contributed by atoms with van der Waals surface area (Å²) in [6, 6.07) is 18.7. The number of benzene rings is 6. The van der Waals surface area contributed by atoms with Gasteiger partial charge in [0.25, 0.3) is 0 Å². The number of ether oxygens (including phenoxy) is 3. The summed E-state index contributed by atoms with van der Waals surface area (Å²) in [6.45, 7) is 0. The molecule has 0 unspecified atom stereocenters. The highest BCUT2D eigenvalue weighted by Gasteiger charge is 2.52. The van der Waals surface area contributed by atoms with Gasteiger partial charge in [-0.15, -0.1) is 0 Å². The van der Waals surface area contributed by atoms with Gasteiger partial charge in [-0.1, -0.05) is 30.3 Å². The zero-order valence-corrected chi connectivity index (χ0v) is 31.5. The molecule has 16 nitrogen and oxygen atoms in total. The number of rotatable bonds is 5. The summed E-state index contributed by atoms with van der Waals surface area (Å²) in [7, 11) is 0. The lowest BCUT2D eigenvalue weighted by Crippen LogP contribution is -2.41. The van der Waals surface area contributed by atoms with Gasteiger partial charge in [-0.05, 0) is 65.2 Å². The van der Waals surface area contributed by atoms with Crippen molar-refractivity contribution < 1.29 is 80.6 Å². The summed E-state index contributed by atoms with van der Waals surface area (Å²) in [5.41, 5.74) is 0.842. The molecular weight excluding hydrogens is 796 g/mol. The monoisotopic (exact) mass is 834 g/mol. The molecule has 3 aliphatic rings. The van der Waals surface area contributed by atoms with Crippen molar-refractivity contribution in [3.8, 4) is 74.7 Å². The van der Waals surface area contributed by atoms with Gasteiger partial charge in [0.2, 0.25) is 0 Å². The molecular formula is C45H38O16. The van der Waals surface area contributed by atoms with E-state index in [1.807, 2.05) is 0 Å². The van der Waals surface area contributed by atoms with Gasteiger partial charge in [-0.25, -0.2) is 0 Å². The Morgan fingerprint density at radius 3 is 1.15 bits per heavy atom. The molecule has 3 aliphatic heterocycles. The van der Waals surface area contributed by atoms with Gasteiger partial charge in [0.05, 0.1) is 6.10 Å². The summed E-state index contributed by atoms with van der Waals surface area (Å²) in [5.74, 6) is -7.46. The molecule has 61 heavy (non-hydrogen) atoms. The van der Waals surface area contributed by atoms with Crippen LogP contribution in [0.5, 0.6) is 74.7 Å². The standard InChI is InChI=1S/C45H38O16/c46-20-4-6-22(28(51)14-20)34-36-43-24(16-33(56)40(59-43)17-1-8-25(48)30(53)11-17)44-37(45(36)61-42(39(34)58)19-3-10-27(50)32(55)13-19)35(23-7-5-21(47)15-29(23)52)38(57)41(60-44)18-2-9-26(49)31(54)12-18/h1-15,33-35,38-42,46-58H,16H2/t33-,34+,35-,38-,39-,40-,41+,42+/m0/s1. The second-order valence-corrected chi connectivity index (χ2v) is 15.3. The Kier molecular flexibility index (Phi) is 9.23. The van der Waals surface area contributed by atoms with Crippen molar-refractivity contribution in [2.45, 2.75) is 54.9 Å². The van der Waals surface area contributed by atoms with Crippen LogP contribution >= 0.6 is 0 Å². The maximum absolute atomic E-state index is 12.5. The van der Waals surface area contributed by atoms with Crippen LogP contribution in [0.4, 0.5) is 0 Å². The lowest BCUT2D eigenvalue weighted by Gasteiger charge is -2.46. The summed E-state index contributed by atoms with van der Waals surface area (Å²) in [6.07, 6.45) is -9.06. The van der Waals surface area contributed by atoms with Crippen molar-refractivity contribution in [2.24, 2.45) is 0 Å². The summed E-state index contributed by atoms with van der Waals surface area (Å²) < 4.78 is 20.1. The van der Waals surface area contributed by atoms with Gasteiger partial charge in [0.15, 0.2) is 46.7 Å². The minimum atomic E-state index is -1.66. The van der Waals surface area contributed by atoms with E-state index in [9.17, 15) is 66.4 Å². The van der Waals surface area contributed by atoms with Gasteiger partial charge in [-0.2, -0.15) is 0 Å². The van der Waals surface area contributed by atoms with Gasteiger partial charge in [-0.3, -0.25) is 0 Å². The third-order valence-corrected chi connectivity index (χ3v) is 11.6. The van der Waals surface area contributed by atoms with Crippen molar-refractivity contribution >= 4 is 0 Å². The molecule has 9 rings (SSSR count). The van der Waals surface area contributed by atoms with Crippen LogP contribution in [0.2, 0.25) is 0 Å². The average Bonchev–Trinajstić information content (AvgIpc) is 3.21. The van der Waals surface area contributed by atoms with Crippen molar-refractivity contribution in [1.29, 1.82) is 0 Å². The number of fused-ring (bicyclic) bond motifs is 6. The predicted octanol–water partition coefficient (Wildman–Crippen LogP) is 5.03. The molecule has 0 saturated heterocycles. The molecule has 0 bridgehead atoms. The normalized spacial score (nSPS) is 24.0. The smallest absolute Gasteiger partial charge is 0.157 e. The lowest BCUT2D eigenvalue weighted by molar-refractivity contribution is -0.0171. The van der Waals surface area contributed by atoms with Crippen molar-refractivity contribution in [3.05, 3.63) is 136 Å². The Balaban J connectivity index is 1.39. The Bertz CT molecular complexity index is 2650. The number of hydrogen-bond donors (Lipinski definition) is 13. The van der Waals surface area contributed by atoms with Gasteiger partial charge in [0.1, 0.15) is 58.6 Å². The van der Waals surface area contributed by atoms with Crippen LogP contribution in [0.25, 0.3) is 0 Å². The van der Waals surface area contributed by atoms with Crippen molar-refractivity contribution in [3.63, 3.8) is 0 Å². The zero-order chi connectivity index (χ0) is 43.2. The Morgan fingerprint density at radius 2 is 0.754 bits per heavy atom. The Hall–Kier alpha value is -7.40. The molecule has 13 N–H and O–H groups in total. The summed E-state index contributed by atoms with van der Waals surface area (Å²) in [5, 5.41) is 143. The lowest BCUT2D eigenvalue weighted by atomic mass is 9.72. The van der Waals surface area contributed by atoms with Crippen LogP contribution < -0.4 is 14.2 Å². The minimum absolute atomic E-state index is 0.0392. The van der Waals surface area contributed by atoms with Gasteiger partial charge in [0, 0.05) is 58.2 Å². The first-order valence-corrected chi connectivity index (χ1v) is 19.0. The van der Waals surface area contributed by atoms with E-state index in [4.69, 9.17) is 14.2 Å². The third kappa shape index (κ3) is 6.35. The van der Waals surface area contributed by atoms with E-state index in [-0.39, 0.29) is 79.7 Å². The molecule has 3 heterocycles. The molecule has 0 spiro atoms. The highest BCUT2D eigenvalue weighted by molar-refractivity contribution is 5.72. The Morgan fingerprint density at radius 1 is 0.377 bits per heavy atom. The second-order valence-electron chi connectivity index (χ2n) is 15.3. The highest BCUT2D eigenvalue weighted by Crippen LogP contribution is 2.63. The fourth-order valence-corrected chi connectivity index (χ4v) is 8.77. The molecule has 8 atom stereocenters. The molecule has 0 radical (unpaired) electrons. The number of aliphatic hydroxyl groups is 3. The largest absolute Gasteiger partial charge is 0.508 e. The molecule has 0 amide bonds. The number of phenols is 10. The van der Waals surface area contributed by atoms with E-state index in [1.165, 1.54) is 72.8 Å². The fraction of sp³-hybridized carbons (Fsp3) is 0.200. The second kappa shape index (κ2) is 14.4. The van der Waals surface area contributed by atoms with E-state index in [2.05, 4.69) is 0 Å². The number of hydrogen-bond acceptors (Lipinski definition) is 16. The average molecular weight is 835 g/mol. The number of aromatic hydroxyl groups is 10. The van der Waals surface area contributed by atoms with Gasteiger partial charge >= 0.3 is 0 Å². The molecule has 314 valence electrons. The summed E-state index contributed by atoms with van der Waals surface area (Å²) in [4.78, 5) is 0. The SMILES string of the molecule is Oc1ccc([C@@H]2c3c4c(c5c(c3O[C@H](c3ccc(O)c(O)c3)[C@H]2O)[C@H](c2ccc(O)cc2O)[C@H](O)[C@@H](c2ccc(O)c(O)c2)O5)C[C@H](O)[C@H](c2ccc(O)c(O)c2)O4)c(O)c1. The van der Waals surface area contributed by atoms with Crippen LogP contribution in [0.1, 0.15) is 74.7 Å². The molecule has 16 heteroatoms. The van der Waals surface area contributed by atoms with E-state index in [0.29, 0.717) is 0 Å². The molecule has 6 aromatic rings. The van der Waals surface area contributed by atoms with Crippen LogP contribution in [-0.4, -0.2) is 84.7 Å². The van der Waals surface area contributed by atoms with E-state index < -0.39 is 94.5 Å². The van der Waals surface area contributed by atoms with Crippen molar-refractivity contribution in [2.75, 3.05) is 0 Å². The topological polar surface area (TPSA) is 291 Å². The van der Waals surface area contributed by atoms with E-state index >= 15 is 0 Å². The van der Waals surface area contributed by atoms with E-state index in [1.54, 1.807) is 0 Å². The Labute approximate surface area is 345 Å². The van der Waals surface area contributed by atoms with Crippen LogP contribution in [0.3, 0.4) is 0 Å². The first-order chi connectivity index (χ1) is 29.1.